The zero-order chi connectivity index (χ0) is 17.6. The second-order valence-corrected chi connectivity index (χ2v) is 7.78. The van der Waals surface area contributed by atoms with Gasteiger partial charge in [-0.05, 0) is 25.1 Å². The lowest BCUT2D eigenvalue weighted by atomic mass is 10.2. The van der Waals surface area contributed by atoms with Crippen molar-refractivity contribution in [1.82, 2.24) is 10.3 Å². The lowest BCUT2D eigenvalue weighted by Crippen LogP contribution is -2.32. The number of sulfone groups is 1. The van der Waals surface area contributed by atoms with E-state index in [-0.39, 0.29) is 11.8 Å². The molecule has 1 aromatic heterocycles. The van der Waals surface area contributed by atoms with Gasteiger partial charge in [0, 0.05) is 30.6 Å². The average Bonchev–Trinajstić information content (AvgIpc) is 2.53. The molecule has 0 amide bonds. The summed E-state index contributed by atoms with van der Waals surface area (Å²) in [7, 11) is -1.44. The second kappa shape index (κ2) is 8.12. The highest BCUT2D eigenvalue weighted by Gasteiger charge is 2.13. The Morgan fingerprint density at radius 2 is 1.88 bits per heavy atom. The molecule has 0 spiro atoms. The standard InChI is InChI=1S/C17H22N2O4S/c1-13(12-24(3,20)21)19-11-14-7-6-10-18-17(14)23-16-9-5-4-8-15(16)22-2/h4-10,13,19H,11-12H2,1-3H3/t13-/m0/s1. The largest absolute Gasteiger partial charge is 0.493 e. The van der Waals surface area contributed by atoms with E-state index in [9.17, 15) is 8.42 Å². The summed E-state index contributed by atoms with van der Waals surface area (Å²) in [6.45, 7) is 2.28. The van der Waals surface area contributed by atoms with E-state index in [1.54, 1.807) is 19.4 Å². The molecule has 24 heavy (non-hydrogen) atoms. The highest BCUT2D eigenvalue weighted by molar-refractivity contribution is 7.90. The summed E-state index contributed by atoms with van der Waals surface area (Å²) in [6.07, 6.45) is 2.87. The van der Waals surface area contributed by atoms with E-state index in [1.807, 2.05) is 37.3 Å². The van der Waals surface area contributed by atoms with Gasteiger partial charge in [0.1, 0.15) is 9.84 Å². The summed E-state index contributed by atoms with van der Waals surface area (Å²) in [6, 6.07) is 10.9. The molecule has 0 unspecified atom stereocenters. The molecule has 0 saturated carbocycles. The molecule has 0 radical (unpaired) electrons. The van der Waals surface area contributed by atoms with E-state index in [0.717, 1.165) is 5.56 Å². The lowest BCUT2D eigenvalue weighted by Gasteiger charge is -2.15. The normalized spacial score (nSPS) is 12.6. The molecule has 2 aromatic rings. The molecule has 0 aliphatic heterocycles. The summed E-state index contributed by atoms with van der Waals surface area (Å²) in [5.74, 6) is 1.73. The van der Waals surface area contributed by atoms with Gasteiger partial charge in [-0.3, -0.25) is 0 Å². The Morgan fingerprint density at radius 3 is 2.54 bits per heavy atom. The van der Waals surface area contributed by atoms with Gasteiger partial charge in [-0.15, -0.1) is 0 Å². The minimum atomic E-state index is -3.02. The first-order valence-corrected chi connectivity index (χ1v) is 9.61. The Hall–Kier alpha value is -2.12. The summed E-state index contributed by atoms with van der Waals surface area (Å²) >= 11 is 0. The van der Waals surface area contributed by atoms with Gasteiger partial charge in [-0.2, -0.15) is 0 Å². The fraction of sp³-hybridized carbons (Fsp3) is 0.353. The van der Waals surface area contributed by atoms with E-state index in [2.05, 4.69) is 10.3 Å². The molecule has 0 bridgehead atoms. The van der Waals surface area contributed by atoms with Crippen LogP contribution in [0.25, 0.3) is 0 Å². The van der Waals surface area contributed by atoms with Crippen LogP contribution in [0.1, 0.15) is 12.5 Å². The van der Waals surface area contributed by atoms with Crippen molar-refractivity contribution in [1.29, 1.82) is 0 Å². The number of para-hydroxylation sites is 2. The number of ether oxygens (including phenoxy) is 2. The van der Waals surface area contributed by atoms with Crippen LogP contribution in [0.15, 0.2) is 42.6 Å². The second-order valence-electron chi connectivity index (χ2n) is 5.59. The van der Waals surface area contributed by atoms with E-state index in [0.29, 0.717) is 23.9 Å². The zero-order valence-electron chi connectivity index (χ0n) is 14.0. The lowest BCUT2D eigenvalue weighted by molar-refractivity contribution is 0.371. The van der Waals surface area contributed by atoms with Crippen LogP contribution in [-0.4, -0.2) is 38.6 Å². The highest BCUT2D eigenvalue weighted by atomic mass is 32.2. The minimum Gasteiger partial charge on any atom is -0.493 e. The van der Waals surface area contributed by atoms with Gasteiger partial charge in [0.25, 0.3) is 0 Å². The van der Waals surface area contributed by atoms with Crippen molar-refractivity contribution in [3.05, 3.63) is 48.2 Å². The first kappa shape index (κ1) is 18.2. The van der Waals surface area contributed by atoms with Crippen molar-refractivity contribution in [3.63, 3.8) is 0 Å². The number of benzene rings is 1. The summed E-state index contributed by atoms with van der Waals surface area (Å²) in [5, 5.41) is 3.18. The average molecular weight is 350 g/mol. The number of pyridine rings is 1. The van der Waals surface area contributed by atoms with E-state index >= 15 is 0 Å². The van der Waals surface area contributed by atoms with Crippen molar-refractivity contribution in [2.24, 2.45) is 0 Å². The van der Waals surface area contributed by atoms with Crippen molar-refractivity contribution in [2.45, 2.75) is 19.5 Å². The first-order valence-electron chi connectivity index (χ1n) is 7.55. The molecule has 1 N–H and O–H groups in total. The van der Waals surface area contributed by atoms with Crippen molar-refractivity contribution < 1.29 is 17.9 Å². The molecule has 0 aliphatic rings. The van der Waals surface area contributed by atoms with Crippen LogP contribution < -0.4 is 14.8 Å². The third kappa shape index (κ3) is 5.50. The first-order chi connectivity index (χ1) is 11.4. The molecule has 6 nitrogen and oxygen atoms in total. The maximum absolute atomic E-state index is 11.3. The zero-order valence-corrected chi connectivity index (χ0v) is 14.8. The van der Waals surface area contributed by atoms with Crippen LogP contribution in [0.2, 0.25) is 0 Å². The van der Waals surface area contributed by atoms with Crippen LogP contribution in [0.3, 0.4) is 0 Å². The van der Waals surface area contributed by atoms with Crippen molar-refractivity contribution >= 4 is 9.84 Å². The summed E-state index contributed by atoms with van der Waals surface area (Å²) < 4.78 is 33.8. The van der Waals surface area contributed by atoms with Gasteiger partial charge in [0.15, 0.2) is 11.5 Å². The van der Waals surface area contributed by atoms with Gasteiger partial charge in [-0.25, -0.2) is 13.4 Å². The van der Waals surface area contributed by atoms with E-state index < -0.39 is 9.84 Å². The number of nitrogens with zero attached hydrogens (tertiary/aromatic N) is 1. The maximum atomic E-state index is 11.3. The van der Waals surface area contributed by atoms with Gasteiger partial charge in [0.05, 0.1) is 12.9 Å². The molecule has 1 aromatic carbocycles. The van der Waals surface area contributed by atoms with Crippen molar-refractivity contribution in [2.75, 3.05) is 19.1 Å². The molecule has 2 rings (SSSR count). The summed E-state index contributed by atoms with van der Waals surface area (Å²) in [5.41, 5.74) is 0.837. The summed E-state index contributed by atoms with van der Waals surface area (Å²) in [4.78, 5) is 4.27. The van der Waals surface area contributed by atoms with Crippen molar-refractivity contribution in [3.8, 4) is 17.4 Å². The van der Waals surface area contributed by atoms with Gasteiger partial charge >= 0.3 is 0 Å². The monoisotopic (exact) mass is 350 g/mol. The number of nitrogens with one attached hydrogen (secondary N) is 1. The Balaban J connectivity index is 2.10. The predicted octanol–water partition coefficient (Wildman–Crippen LogP) is 2.41. The fourth-order valence-electron chi connectivity index (χ4n) is 2.26. The van der Waals surface area contributed by atoms with Gasteiger partial charge < -0.3 is 14.8 Å². The molecule has 130 valence electrons. The molecule has 0 fully saturated rings. The van der Waals surface area contributed by atoms with Gasteiger partial charge in [-0.1, -0.05) is 18.2 Å². The Labute approximate surface area is 142 Å². The topological polar surface area (TPSA) is 77.5 Å². The van der Waals surface area contributed by atoms with E-state index in [1.165, 1.54) is 6.26 Å². The maximum Gasteiger partial charge on any atom is 0.223 e. The third-order valence-electron chi connectivity index (χ3n) is 3.32. The SMILES string of the molecule is COc1ccccc1Oc1ncccc1CN[C@@H](C)CS(C)(=O)=O. The number of hydrogen-bond acceptors (Lipinski definition) is 6. The Morgan fingerprint density at radius 1 is 1.17 bits per heavy atom. The van der Waals surface area contributed by atoms with Crippen LogP contribution in [-0.2, 0) is 16.4 Å². The number of aromatic nitrogens is 1. The van der Waals surface area contributed by atoms with Crippen LogP contribution in [0, 0.1) is 0 Å². The molecule has 0 saturated heterocycles. The third-order valence-corrected chi connectivity index (χ3v) is 4.42. The molecule has 7 heteroatoms. The number of rotatable bonds is 8. The van der Waals surface area contributed by atoms with E-state index in [4.69, 9.17) is 9.47 Å². The predicted molar refractivity (Wildman–Crippen MR) is 93.3 cm³/mol. The fourth-order valence-corrected chi connectivity index (χ4v) is 3.28. The Bertz CT molecular complexity index is 778. The molecular weight excluding hydrogens is 328 g/mol. The number of hydrogen-bond donors (Lipinski definition) is 1. The van der Waals surface area contributed by atoms with Crippen LogP contribution >= 0.6 is 0 Å². The number of methoxy groups -OCH3 is 1. The minimum absolute atomic E-state index is 0.0793. The molecular formula is C17H22N2O4S. The molecule has 1 atom stereocenters. The Kier molecular flexibility index (Phi) is 6.16. The molecule has 0 aliphatic carbocycles. The quantitative estimate of drug-likeness (QED) is 0.788. The van der Waals surface area contributed by atoms with Crippen LogP contribution in [0.4, 0.5) is 0 Å². The highest BCUT2D eigenvalue weighted by Crippen LogP contribution is 2.31. The van der Waals surface area contributed by atoms with Crippen LogP contribution in [0.5, 0.6) is 17.4 Å². The molecule has 1 heterocycles. The van der Waals surface area contributed by atoms with Gasteiger partial charge in [0.2, 0.25) is 5.88 Å². The smallest absolute Gasteiger partial charge is 0.223 e.